The van der Waals surface area contributed by atoms with Gasteiger partial charge in [-0.05, 0) is 37.7 Å². The number of aromatic amines is 1. The number of aromatic nitrogens is 2. The van der Waals surface area contributed by atoms with Crippen molar-refractivity contribution in [1.29, 1.82) is 0 Å². The Kier molecular flexibility index (Phi) is 4.26. The van der Waals surface area contributed by atoms with Gasteiger partial charge in [0.05, 0.1) is 18.8 Å². The number of nitrogens with zero attached hydrogens (tertiary/aromatic N) is 2. The predicted octanol–water partition coefficient (Wildman–Crippen LogP) is 0.875. The van der Waals surface area contributed by atoms with Gasteiger partial charge in [0.25, 0.3) is 0 Å². The number of aliphatic hydroxyl groups is 1. The van der Waals surface area contributed by atoms with Crippen LogP contribution >= 0.6 is 0 Å². The third-order valence-corrected chi connectivity index (χ3v) is 4.64. The van der Waals surface area contributed by atoms with Gasteiger partial charge in [0.15, 0.2) is 0 Å². The molecular formula is C15H23N3O3. The van der Waals surface area contributed by atoms with Crippen LogP contribution in [-0.2, 0) is 16.0 Å². The molecule has 0 bridgehead atoms. The van der Waals surface area contributed by atoms with Crippen molar-refractivity contribution in [2.45, 2.75) is 50.2 Å². The molecule has 2 N–H and O–H groups in total. The number of carbonyl (C=O) groups is 1. The third-order valence-electron chi connectivity index (χ3n) is 4.64. The summed E-state index contributed by atoms with van der Waals surface area (Å²) >= 11 is 0. The van der Waals surface area contributed by atoms with Crippen LogP contribution in [0.1, 0.15) is 37.7 Å². The van der Waals surface area contributed by atoms with E-state index in [1.165, 1.54) is 0 Å². The molecule has 0 radical (unpaired) electrons. The van der Waals surface area contributed by atoms with Gasteiger partial charge in [0.1, 0.15) is 5.60 Å². The molecule has 0 aliphatic carbocycles. The Morgan fingerprint density at radius 3 is 3.24 bits per heavy atom. The second-order valence-electron chi connectivity index (χ2n) is 6.10. The number of hydrogen-bond donors (Lipinski definition) is 2. The van der Waals surface area contributed by atoms with Crippen molar-refractivity contribution in [2.75, 3.05) is 19.7 Å². The van der Waals surface area contributed by atoms with Gasteiger partial charge in [-0.25, -0.2) is 0 Å². The van der Waals surface area contributed by atoms with Crippen LogP contribution in [0.4, 0.5) is 0 Å². The largest absolute Gasteiger partial charge is 0.390 e. The minimum Gasteiger partial charge on any atom is -0.390 e. The van der Waals surface area contributed by atoms with Gasteiger partial charge in [-0.2, -0.15) is 5.10 Å². The van der Waals surface area contributed by atoms with Gasteiger partial charge in [0.2, 0.25) is 5.91 Å². The zero-order valence-corrected chi connectivity index (χ0v) is 12.3. The standard InChI is InChI=1S/C15H23N3O3/c19-13-5-7-18(11-15(13)6-2-8-21-15)14(20)4-1-3-12-9-16-17-10-12/h9-10,13,19H,1-8,11H2,(H,16,17)/t13-,15-/m0/s1. The topological polar surface area (TPSA) is 78.5 Å². The Hall–Kier alpha value is -1.40. The first-order valence-electron chi connectivity index (χ1n) is 7.77. The molecule has 116 valence electrons. The first-order chi connectivity index (χ1) is 10.2. The number of hydrogen-bond acceptors (Lipinski definition) is 4. The van der Waals surface area contributed by atoms with Crippen LogP contribution in [0.15, 0.2) is 12.4 Å². The van der Waals surface area contributed by atoms with E-state index in [1.807, 2.05) is 11.1 Å². The summed E-state index contributed by atoms with van der Waals surface area (Å²) in [5.41, 5.74) is 0.630. The molecule has 2 aliphatic heterocycles. The zero-order valence-electron chi connectivity index (χ0n) is 12.3. The van der Waals surface area contributed by atoms with Gasteiger partial charge in [-0.1, -0.05) is 0 Å². The van der Waals surface area contributed by atoms with E-state index in [0.717, 1.165) is 31.2 Å². The molecule has 6 heteroatoms. The average Bonchev–Trinajstić information content (AvgIpc) is 3.14. The quantitative estimate of drug-likeness (QED) is 0.863. The lowest BCUT2D eigenvalue weighted by molar-refractivity contribution is -0.155. The second-order valence-corrected chi connectivity index (χ2v) is 6.10. The average molecular weight is 293 g/mol. The Labute approximate surface area is 124 Å². The van der Waals surface area contributed by atoms with E-state index in [1.54, 1.807) is 6.20 Å². The normalized spacial score (nSPS) is 29.2. The number of rotatable bonds is 4. The van der Waals surface area contributed by atoms with Crippen LogP contribution < -0.4 is 0 Å². The predicted molar refractivity (Wildman–Crippen MR) is 76.6 cm³/mol. The highest BCUT2D eigenvalue weighted by atomic mass is 16.5. The van der Waals surface area contributed by atoms with Gasteiger partial charge in [0, 0.05) is 25.8 Å². The Morgan fingerprint density at radius 1 is 1.62 bits per heavy atom. The molecule has 21 heavy (non-hydrogen) atoms. The summed E-state index contributed by atoms with van der Waals surface area (Å²) in [5.74, 6) is 0.167. The Balaban J connectivity index is 1.50. The number of piperidine rings is 1. The van der Waals surface area contributed by atoms with E-state index in [9.17, 15) is 9.90 Å². The summed E-state index contributed by atoms with van der Waals surface area (Å²) in [4.78, 5) is 14.2. The SMILES string of the molecule is O=C(CCCc1cn[nH]c1)N1CC[C@H](O)[C@]2(CCCO2)C1. The summed E-state index contributed by atoms with van der Waals surface area (Å²) in [5, 5.41) is 16.9. The lowest BCUT2D eigenvalue weighted by atomic mass is 9.87. The Morgan fingerprint density at radius 2 is 2.52 bits per heavy atom. The third kappa shape index (κ3) is 3.11. The van der Waals surface area contributed by atoms with E-state index in [4.69, 9.17) is 4.74 Å². The molecule has 1 aromatic heterocycles. The summed E-state index contributed by atoms with van der Waals surface area (Å²) in [6.07, 6.45) is 7.89. The summed E-state index contributed by atoms with van der Waals surface area (Å²) < 4.78 is 5.78. The van der Waals surface area contributed by atoms with Crippen molar-refractivity contribution >= 4 is 5.91 Å². The highest BCUT2D eigenvalue weighted by Crippen LogP contribution is 2.35. The van der Waals surface area contributed by atoms with Crippen LogP contribution in [-0.4, -0.2) is 57.5 Å². The smallest absolute Gasteiger partial charge is 0.222 e. The molecule has 1 spiro atoms. The van der Waals surface area contributed by atoms with Crippen LogP contribution in [0.5, 0.6) is 0 Å². The molecule has 2 saturated heterocycles. The number of nitrogens with one attached hydrogen (secondary N) is 1. The fourth-order valence-corrected chi connectivity index (χ4v) is 3.38. The molecular weight excluding hydrogens is 270 g/mol. The molecule has 3 heterocycles. The molecule has 0 aromatic carbocycles. The molecule has 0 saturated carbocycles. The first kappa shape index (κ1) is 14.5. The minimum absolute atomic E-state index is 0.167. The summed E-state index contributed by atoms with van der Waals surface area (Å²) in [7, 11) is 0. The number of ether oxygens (including phenoxy) is 1. The minimum atomic E-state index is -0.502. The summed E-state index contributed by atoms with van der Waals surface area (Å²) in [6, 6.07) is 0. The number of carbonyl (C=O) groups excluding carboxylic acids is 1. The van der Waals surface area contributed by atoms with Crippen molar-refractivity contribution in [2.24, 2.45) is 0 Å². The van der Waals surface area contributed by atoms with Crippen molar-refractivity contribution in [3.05, 3.63) is 18.0 Å². The van der Waals surface area contributed by atoms with Crippen LogP contribution in [0.25, 0.3) is 0 Å². The monoisotopic (exact) mass is 293 g/mol. The van der Waals surface area contributed by atoms with E-state index in [2.05, 4.69) is 10.2 Å². The molecule has 6 nitrogen and oxygen atoms in total. The molecule has 1 amide bonds. The van der Waals surface area contributed by atoms with Crippen LogP contribution in [0.2, 0.25) is 0 Å². The fraction of sp³-hybridized carbons (Fsp3) is 0.733. The lowest BCUT2D eigenvalue weighted by Gasteiger charge is -2.43. The summed E-state index contributed by atoms with van der Waals surface area (Å²) in [6.45, 7) is 1.87. The maximum absolute atomic E-state index is 12.3. The Bertz CT molecular complexity index is 469. The molecule has 2 aliphatic rings. The van der Waals surface area contributed by atoms with Crippen LogP contribution in [0.3, 0.4) is 0 Å². The van der Waals surface area contributed by atoms with Gasteiger partial charge < -0.3 is 14.7 Å². The van der Waals surface area contributed by atoms with Crippen molar-refractivity contribution in [1.82, 2.24) is 15.1 Å². The molecule has 0 unspecified atom stereocenters. The van der Waals surface area contributed by atoms with Crippen LogP contribution in [0, 0.1) is 0 Å². The van der Waals surface area contributed by atoms with Gasteiger partial charge >= 0.3 is 0 Å². The van der Waals surface area contributed by atoms with E-state index < -0.39 is 11.7 Å². The number of likely N-dealkylation sites (tertiary alicyclic amines) is 1. The van der Waals surface area contributed by atoms with Crippen molar-refractivity contribution in [3.8, 4) is 0 Å². The van der Waals surface area contributed by atoms with Gasteiger partial charge in [-0.3, -0.25) is 9.89 Å². The second kappa shape index (κ2) is 6.15. The first-order valence-corrected chi connectivity index (χ1v) is 7.77. The van der Waals surface area contributed by atoms with E-state index >= 15 is 0 Å². The van der Waals surface area contributed by atoms with E-state index in [0.29, 0.717) is 32.5 Å². The van der Waals surface area contributed by atoms with Gasteiger partial charge in [-0.15, -0.1) is 0 Å². The number of H-pyrrole nitrogens is 1. The number of aliphatic hydroxyl groups excluding tert-OH is 1. The number of aryl methyl sites for hydroxylation is 1. The highest BCUT2D eigenvalue weighted by Gasteiger charge is 2.46. The highest BCUT2D eigenvalue weighted by molar-refractivity contribution is 5.76. The molecule has 2 atom stereocenters. The molecule has 2 fully saturated rings. The molecule has 1 aromatic rings. The number of amides is 1. The molecule has 3 rings (SSSR count). The fourth-order valence-electron chi connectivity index (χ4n) is 3.38. The maximum Gasteiger partial charge on any atom is 0.222 e. The zero-order chi connectivity index (χ0) is 14.7. The van der Waals surface area contributed by atoms with E-state index in [-0.39, 0.29) is 5.91 Å². The van der Waals surface area contributed by atoms with Crippen molar-refractivity contribution < 1.29 is 14.6 Å². The van der Waals surface area contributed by atoms with Crippen molar-refractivity contribution in [3.63, 3.8) is 0 Å². The maximum atomic E-state index is 12.3. The lowest BCUT2D eigenvalue weighted by Crippen LogP contribution is -2.57.